The summed E-state index contributed by atoms with van der Waals surface area (Å²) >= 11 is 1.58. The number of likely N-dealkylation sites (tertiary alicyclic amines) is 1. The maximum atomic E-state index is 13.5. The van der Waals surface area contributed by atoms with Crippen molar-refractivity contribution in [2.24, 2.45) is 0 Å². The molecule has 2 aliphatic rings. The number of nitrogens with zero attached hydrogens (tertiary/aromatic N) is 6. The Labute approximate surface area is 300 Å². The number of carbonyl (C=O) groups is 3. The molecule has 0 bridgehead atoms. The van der Waals surface area contributed by atoms with Crippen molar-refractivity contribution in [2.75, 3.05) is 49.9 Å². The molecule has 3 amide bonds. The molecule has 6 N–H and O–H groups in total. The first-order valence-electron chi connectivity index (χ1n) is 17.0. The van der Waals surface area contributed by atoms with E-state index in [9.17, 15) is 24.6 Å². The first-order valence-corrected chi connectivity index (χ1v) is 17.8. The van der Waals surface area contributed by atoms with Crippen molar-refractivity contribution in [3.63, 3.8) is 0 Å². The molecule has 6 rings (SSSR count). The van der Waals surface area contributed by atoms with Crippen LogP contribution in [-0.4, -0.2) is 110 Å². The van der Waals surface area contributed by atoms with Gasteiger partial charge in [0.25, 0.3) is 0 Å². The van der Waals surface area contributed by atoms with Gasteiger partial charge in [-0.2, -0.15) is 0 Å². The van der Waals surface area contributed by atoms with Gasteiger partial charge in [0.1, 0.15) is 17.8 Å². The molecule has 0 spiro atoms. The van der Waals surface area contributed by atoms with Crippen molar-refractivity contribution in [2.45, 2.75) is 51.4 Å². The number of benzene rings is 2. The first-order chi connectivity index (χ1) is 24.5. The lowest BCUT2D eigenvalue weighted by atomic mass is 10.0. The number of amides is 3. The van der Waals surface area contributed by atoms with E-state index in [1.165, 1.54) is 4.90 Å². The number of carbonyl (C=O) groups excluding carboxylic acids is 3. The standard InChI is InChI=1S/C36H43N9O5S/c1-21(24-8-10-25(11-9-24)33-22(2)38-20-51-33)40-35(49)30-16-26(46)18-45(30)36(50)23(3)39-32(48)19-43-12-14-44(15-13-43)29-17-28(41-42-34(29)37)27-6-4-5-7-31(27)47/h4-11,17,20-21,23,26,30,46-47H,12-16,18-19H2,1-3H3,(H2,37,42)(H,39,48)(H,40,49)/t21-,23-,26+,30-/m0/s1. The van der Waals surface area contributed by atoms with E-state index in [1.54, 1.807) is 42.5 Å². The summed E-state index contributed by atoms with van der Waals surface area (Å²) in [6.07, 6.45) is -0.732. The van der Waals surface area contributed by atoms with Crippen LogP contribution in [-0.2, 0) is 14.4 Å². The number of para-hydroxylation sites is 1. The van der Waals surface area contributed by atoms with Crippen molar-refractivity contribution in [3.8, 4) is 27.4 Å². The van der Waals surface area contributed by atoms with Gasteiger partial charge < -0.3 is 36.4 Å². The van der Waals surface area contributed by atoms with E-state index in [-0.39, 0.29) is 48.9 Å². The monoisotopic (exact) mass is 713 g/mol. The molecule has 15 heteroatoms. The largest absolute Gasteiger partial charge is 0.507 e. The highest BCUT2D eigenvalue weighted by molar-refractivity contribution is 7.13. The fourth-order valence-corrected chi connectivity index (χ4v) is 7.43. The van der Waals surface area contributed by atoms with Gasteiger partial charge in [-0.3, -0.25) is 19.3 Å². The van der Waals surface area contributed by atoms with Crippen LogP contribution in [0.15, 0.2) is 60.1 Å². The first kappa shape index (κ1) is 35.7. The number of aliphatic hydroxyl groups excluding tert-OH is 1. The highest BCUT2D eigenvalue weighted by Crippen LogP contribution is 2.32. The highest BCUT2D eigenvalue weighted by Gasteiger charge is 2.41. The molecule has 268 valence electrons. The smallest absolute Gasteiger partial charge is 0.245 e. The van der Waals surface area contributed by atoms with Crippen LogP contribution in [0.5, 0.6) is 5.75 Å². The second-order valence-corrected chi connectivity index (χ2v) is 13.9. The summed E-state index contributed by atoms with van der Waals surface area (Å²) in [4.78, 5) is 50.8. The lowest BCUT2D eigenvalue weighted by Gasteiger charge is -2.36. The molecule has 2 aliphatic heterocycles. The fourth-order valence-electron chi connectivity index (χ4n) is 6.61. The third kappa shape index (κ3) is 8.11. The SMILES string of the molecule is Cc1ncsc1-c1ccc([C@H](C)NC(=O)[C@@H]2C[C@@H](O)CN2C(=O)[C@H](C)NC(=O)CN2CCN(c3cc(-c4ccccc4O)nnc3N)CC2)cc1. The summed E-state index contributed by atoms with van der Waals surface area (Å²) in [6, 6.07) is 14.5. The van der Waals surface area contributed by atoms with Gasteiger partial charge in [-0.1, -0.05) is 36.4 Å². The van der Waals surface area contributed by atoms with Crippen LogP contribution in [0.3, 0.4) is 0 Å². The summed E-state index contributed by atoms with van der Waals surface area (Å²) in [5.74, 6) is -0.729. The number of piperazine rings is 1. The minimum Gasteiger partial charge on any atom is -0.507 e. The number of hydrogen-bond donors (Lipinski definition) is 5. The number of phenols is 1. The summed E-state index contributed by atoms with van der Waals surface area (Å²) in [5.41, 5.74) is 12.7. The number of thiazole rings is 1. The normalized spacial score (nSPS) is 19.1. The van der Waals surface area contributed by atoms with Gasteiger partial charge >= 0.3 is 0 Å². The van der Waals surface area contributed by atoms with E-state index in [1.807, 2.05) is 54.6 Å². The molecule has 2 aromatic heterocycles. The minimum atomic E-state index is -0.893. The van der Waals surface area contributed by atoms with Crippen LogP contribution in [0.25, 0.3) is 21.7 Å². The van der Waals surface area contributed by atoms with Crippen LogP contribution >= 0.6 is 11.3 Å². The van der Waals surface area contributed by atoms with Gasteiger partial charge in [0.05, 0.1) is 46.2 Å². The number of aromatic nitrogens is 3. The van der Waals surface area contributed by atoms with Gasteiger partial charge in [0, 0.05) is 44.7 Å². The van der Waals surface area contributed by atoms with Crippen molar-refractivity contribution in [1.82, 2.24) is 35.6 Å². The van der Waals surface area contributed by atoms with Gasteiger partial charge in [-0.25, -0.2) is 4.98 Å². The van der Waals surface area contributed by atoms with Crippen molar-refractivity contribution in [3.05, 3.63) is 71.4 Å². The number of hydrogen-bond acceptors (Lipinski definition) is 12. The molecule has 14 nitrogen and oxygen atoms in total. The van der Waals surface area contributed by atoms with Crippen molar-refractivity contribution < 1.29 is 24.6 Å². The summed E-state index contributed by atoms with van der Waals surface area (Å²) in [7, 11) is 0. The maximum Gasteiger partial charge on any atom is 0.245 e. The zero-order valence-electron chi connectivity index (χ0n) is 28.8. The van der Waals surface area contributed by atoms with Crippen LogP contribution < -0.4 is 21.3 Å². The summed E-state index contributed by atoms with van der Waals surface area (Å²) in [6.45, 7) is 7.82. The number of aryl methyl sites for hydroxylation is 1. The Morgan fingerprint density at radius 2 is 1.75 bits per heavy atom. The fraction of sp³-hybridized carbons (Fsp3) is 0.389. The topological polar surface area (TPSA) is 190 Å². The van der Waals surface area contributed by atoms with Crippen LogP contribution in [0, 0.1) is 6.92 Å². The van der Waals surface area contributed by atoms with E-state index in [0.717, 1.165) is 21.7 Å². The molecule has 0 saturated carbocycles. The van der Waals surface area contributed by atoms with Gasteiger partial charge in [-0.05, 0) is 50.1 Å². The number of aliphatic hydroxyl groups is 1. The number of nitrogens with one attached hydrogen (secondary N) is 2. The average Bonchev–Trinajstić information content (AvgIpc) is 3.74. The van der Waals surface area contributed by atoms with E-state index in [2.05, 4.69) is 30.7 Å². The molecule has 0 unspecified atom stereocenters. The third-order valence-electron chi connectivity index (χ3n) is 9.45. The predicted octanol–water partition coefficient (Wildman–Crippen LogP) is 2.33. The Kier molecular flexibility index (Phi) is 10.8. The van der Waals surface area contributed by atoms with Gasteiger partial charge in [0.2, 0.25) is 17.7 Å². The molecule has 2 saturated heterocycles. The van der Waals surface area contributed by atoms with Crippen LogP contribution in [0.1, 0.15) is 37.6 Å². The Morgan fingerprint density at radius 1 is 1.02 bits per heavy atom. The quantitative estimate of drug-likeness (QED) is 0.162. The lowest BCUT2D eigenvalue weighted by Crippen LogP contribution is -2.55. The molecular formula is C36H43N9O5S. The number of nitrogens with two attached hydrogens (primary N) is 1. The highest BCUT2D eigenvalue weighted by atomic mass is 32.1. The number of rotatable bonds is 10. The molecule has 4 heterocycles. The minimum absolute atomic E-state index is 0.00890. The Hall–Kier alpha value is -5.12. The van der Waals surface area contributed by atoms with E-state index in [0.29, 0.717) is 43.1 Å². The molecule has 4 aromatic rings. The zero-order chi connectivity index (χ0) is 36.2. The Balaban J connectivity index is 0.995. The van der Waals surface area contributed by atoms with Crippen LogP contribution in [0.2, 0.25) is 0 Å². The van der Waals surface area contributed by atoms with E-state index < -0.39 is 24.1 Å². The number of phenolic OH excluding ortho intramolecular Hbond substituents is 1. The molecule has 51 heavy (non-hydrogen) atoms. The van der Waals surface area contributed by atoms with E-state index in [4.69, 9.17) is 5.73 Å². The van der Waals surface area contributed by atoms with Gasteiger partial charge in [-0.15, -0.1) is 21.5 Å². The number of nitrogen functional groups attached to an aromatic ring is 1. The van der Waals surface area contributed by atoms with E-state index >= 15 is 0 Å². The second-order valence-electron chi connectivity index (χ2n) is 13.1. The number of β-amino-alcohol motifs (C(OH)–C–C–N with tert-alkyl or cyclic N) is 1. The molecule has 2 aromatic carbocycles. The summed E-state index contributed by atoms with van der Waals surface area (Å²) in [5, 5.41) is 34.7. The lowest BCUT2D eigenvalue weighted by molar-refractivity contribution is -0.141. The summed E-state index contributed by atoms with van der Waals surface area (Å²) < 4.78 is 0. The van der Waals surface area contributed by atoms with Crippen molar-refractivity contribution in [1.29, 1.82) is 0 Å². The zero-order valence-corrected chi connectivity index (χ0v) is 29.6. The molecule has 0 aliphatic carbocycles. The van der Waals surface area contributed by atoms with Crippen molar-refractivity contribution >= 4 is 40.6 Å². The molecular weight excluding hydrogens is 671 g/mol. The third-order valence-corrected chi connectivity index (χ3v) is 10.4. The number of aromatic hydroxyl groups is 1. The predicted molar refractivity (Wildman–Crippen MR) is 195 cm³/mol. The second kappa shape index (κ2) is 15.4. The Morgan fingerprint density at radius 3 is 2.43 bits per heavy atom. The Bertz CT molecular complexity index is 1880. The average molecular weight is 714 g/mol. The maximum absolute atomic E-state index is 13.5. The molecule has 4 atom stereocenters. The molecule has 2 fully saturated rings. The molecule has 0 radical (unpaired) electrons. The van der Waals surface area contributed by atoms with Crippen LogP contribution in [0.4, 0.5) is 11.5 Å². The number of anilines is 2. The van der Waals surface area contributed by atoms with Gasteiger partial charge in [0.15, 0.2) is 5.82 Å².